The Morgan fingerprint density at radius 3 is 2.77 bits per heavy atom. The van der Waals surface area contributed by atoms with Crippen LogP contribution < -0.4 is 16.6 Å². The molecule has 0 unspecified atom stereocenters. The maximum Gasteiger partial charge on any atom is 0.313 e. The SMILES string of the molecule is Cc1cc(NC(=O)C(=O)N2C[C@H](C)CC[C@H]2c2ccc3[nH]c(=O)ccc3c2)cnc1N. The van der Waals surface area contributed by atoms with Crippen LogP contribution in [0.1, 0.15) is 36.9 Å². The summed E-state index contributed by atoms with van der Waals surface area (Å²) in [5.74, 6) is -0.597. The lowest BCUT2D eigenvalue weighted by Crippen LogP contribution is -2.46. The highest BCUT2D eigenvalue weighted by Crippen LogP contribution is 2.34. The number of carbonyl (C=O) groups excluding carboxylic acids is 2. The number of nitrogens with zero attached hydrogens (tertiary/aromatic N) is 2. The number of H-pyrrole nitrogens is 1. The second-order valence-electron chi connectivity index (χ2n) is 8.21. The van der Waals surface area contributed by atoms with Crippen LogP contribution in [0.4, 0.5) is 11.5 Å². The van der Waals surface area contributed by atoms with Gasteiger partial charge >= 0.3 is 11.8 Å². The zero-order valence-corrected chi connectivity index (χ0v) is 17.5. The minimum atomic E-state index is -0.699. The molecule has 2 atom stereocenters. The number of fused-ring (bicyclic) bond motifs is 1. The average Bonchev–Trinajstić information content (AvgIpc) is 2.75. The molecule has 0 aliphatic carbocycles. The molecule has 4 N–H and O–H groups in total. The molecule has 0 spiro atoms. The molecule has 31 heavy (non-hydrogen) atoms. The van der Waals surface area contributed by atoms with Crippen molar-refractivity contribution >= 4 is 34.2 Å². The second kappa shape index (κ2) is 8.22. The highest BCUT2D eigenvalue weighted by atomic mass is 16.2. The maximum absolute atomic E-state index is 13.1. The van der Waals surface area contributed by atoms with Crippen LogP contribution in [0.25, 0.3) is 10.9 Å². The molecule has 3 heterocycles. The van der Waals surface area contributed by atoms with Gasteiger partial charge in [0.2, 0.25) is 5.56 Å². The summed E-state index contributed by atoms with van der Waals surface area (Å²) in [5, 5.41) is 3.53. The molecule has 3 aromatic rings. The van der Waals surface area contributed by atoms with E-state index >= 15 is 0 Å². The zero-order valence-electron chi connectivity index (χ0n) is 17.5. The molecule has 2 amide bonds. The standard InChI is InChI=1S/C23H25N5O3/c1-13-3-7-19(16-4-6-18-15(10-16)5-8-20(29)27-18)28(12-13)23(31)22(30)26-17-9-14(2)21(24)25-11-17/h4-6,8-11,13,19H,3,7,12H2,1-2H3,(H2,24,25)(H,26,30)(H,27,29)/t13-,19+/m1/s1. The van der Waals surface area contributed by atoms with Gasteiger partial charge in [-0.3, -0.25) is 14.4 Å². The number of nitrogen functional groups attached to an aromatic ring is 1. The third-order valence-corrected chi connectivity index (χ3v) is 5.78. The third kappa shape index (κ3) is 4.28. The van der Waals surface area contributed by atoms with E-state index in [-0.39, 0.29) is 11.6 Å². The Hall–Kier alpha value is -3.68. The lowest BCUT2D eigenvalue weighted by molar-refractivity contribution is -0.146. The van der Waals surface area contributed by atoms with Gasteiger partial charge in [0.15, 0.2) is 0 Å². The summed E-state index contributed by atoms with van der Waals surface area (Å²) in [5.41, 5.74) is 8.40. The summed E-state index contributed by atoms with van der Waals surface area (Å²) in [6.07, 6.45) is 3.16. The Bertz CT molecular complexity index is 1220. The summed E-state index contributed by atoms with van der Waals surface area (Å²) in [6.45, 7) is 4.36. The molecule has 0 radical (unpaired) electrons. The molecular formula is C23H25N5O3. The van der Waals surface area contributed by atoms with E-state index in [0.29, 0.717) is 24.0 Å². The molecule has 1 aliphatic heterocycles. The molecule has 1 aliphatic rings. The molecule has 4 rings (SSSR count). The van der Waals surface area contributed by atoms with Crippen LogP contribution in [-0.4, -0.2) is 33.2 Å². The van der Waals surface area contributed by atoms with Gasteiger partial charge in [-0.05, 0) is 66.5 Å². The number of amides is 2. The molecule has 160 valence electrons. The van der Waals surface area contributed by atoms with E-state index in [1.165, 1.54) is 12.3 Å². The number of rotatable bonds is 2. The van der Waals surface area contributed by atoms with Crippen LogP contribution in [0.5, 0.6) is 0 Å². The van der Waals surface area contributed by atoms with Gasteiger partial charge in [-0.2, -0.15) is 0 Å². The van der Waals surface area contributed by atoms with Crippen molar-refractivity contribution < 1.29 is 9.59 Å². The van der Waals surface area contributed by atoms with Crippen molar-refractivity contribution in [3.63, 3.8) is 0 Å². The number of aromatic nitrogens is 2. The fourth-order valence-electron chi connectivity index (χ4n) is 4.07. The van der Waals surface area contributed by atoms with E-state index in [0.717, 1.165) is 34.9 Å². The van der Waals surface area contributed by atoms with Crippen molar-refractivity contribution in [2.45, 2.75) is 32.7 Å². The quantitative estimate of drug-likeness (QED) is 0.552. The predicted octanol–water partition coefficient (Wildman–Crippen LogP) is 2.75. The molecule has 0 bridgehead atoms. The van der Waals surface area contributed by atoms with Gasteiger partial charge in [0, 0.05) is 18.1 Å². The summed E-state index contributed by atoms with van der Waals surface area (Å²) < 4.78 is 0. The number of nitrogens with one attached hydrogen (secondary N) is 2. The first-order valence-electron chi connectivity index (χ1n) is 10.3. The molecule has 8 heteroatoms. The second-order valence-corrected chi connectivity index (χ2v) is 8.21. The first-order valence-corrected chi connectivity index (χ1v) is 10.3. The van der Waals surface area contributed by atoms with Crippen molar-refractivity contribution in [1.82, 2.24) is 14.9 Å². The van der Waals surface area contributed by atoms with Gasteiger partial charge in [0.05, 0.1) is 17.9 Å². The number of aryl methyl sites for hydroxylation is 1. The van der Waals surface area contributed by atoms with Gasteiger partial charge in [0.25, 0.3) is 0 Å². The number of hydrogen-bond acceptors (Lipinski definition) is 5. The van der Waals surface area contributed by atoms with Gasteiger partial charge in [-0.15, -0.1) is 0 Å². The number of piperidine rings is 1. The number of aromatic amines is 1. The van der Waals surface area contributed by atoms with Crippen LogP contribution in [0, 0.1) is 12.8 Å². The Morgan fingerprint density at radius 2 is 2.00 bits per heavy atom. The molecular weight excluding hydrogens is 394 g/mol. The number of nitrogens with two attached hydrogens (primary N) is 1. The fraction of sp³-hybridized carbons (Fsp3) is 0.304. The van der Waals surface area contributed by atoms with Crippen molar-refractivity contribution in [1.29, 1.82) is 0 Å². The normalized spacial score (nSPS) is 18.7. The lowest BCUT2D eigenvalue weighted by atomic mass is 9.89. The Labute approximate surface area is 179 Å². The van der Waals surface area contributed by atoms with Gasteiger partial charge in [-0.1, -0.05) is 13.0 Å². The minimum absolute atomic E-state index is 0.160. The van der Waals surface area contributed by atoms with Crippen LogP contribution in [-0.2, 0) is 9.59 Å². The number of carbonyl (C=O) groups is 2. The smallest absolute Gasteiger partial charge is 0.313 e. The summed E-state index contributed by atoms with van der Waals surface area (Å²) in [7, 11) is 0. The average molecular weight is 419 g/mol. The fourth-order valence-corrected chi connectivity index (χ4v) is 4.07. The summed E-state index contributed by atoms with van der Waals surface area (Å²) in [6, 6.07) is 10.4. The lowest BCUT2D eigenvalue weighted by Gasteiger charge is -2.38. The van der Waals surface area contributed by atoms with E-state index in [4.69, 9.17) is 5.73 Å². The number of hydrogen-bond donors (Lipinski definition) is 3. The van der Waals surface area contributed by atoms with E-state index in [2.05, 4.69) is 22.2 Å². The Kier molecular flexibility index (Phi) is 5.46. The summed E-state index contributed by atoms with van der Waals surface area (Å²) in [4.78, 5) is 45.9. The molecule has 8 nitrogen and oxygen atoms in total. The van der Waals surface area contributed by atoms with Gasteiger partial charge in [-0.25, -0.2) is 4.98 Å². The van der Waals surface area contributed by atoms with E-state index in [1.807, 2.05) is 18.2 Å². The first-order chi connectivity index (χ1) is 14.8. The van der Waals surface area contributed by atoms with Crippen LogP contribution >= 0.6 is 0 Å². The highest BCUT2D eigenvalue weighted by Gasteiger charge is 2.34. The molecule has 1 aromatic carbocycles. The zero-order chi connectivity index (χ0) is 22.1. The molecule has 0 saturated carbocycles. The largest absolute Gasteiger partial charge is 0.383 e. The summed E-state index contributed by atoms with van der Waals surface area (Å²) >= 11 is 0. The van der Waals surface area contributed by atoms with Crippen molar-refractivity contribution in [3.05, 3.63) is 64.1 Å². The first kappa shape index (κ1) is 20.6. The minimum Gasteiger partial charge on any atom is -0.383 e. The van der Waals surface area contributed by atoms with Gasteiger partial charge < -0.3 is 20.9 Å². The topological polar surface area (TPSA) is 121 Å². The maximum atomic E-state index is 13.1. The van der Waals surface area contributed by atoms with Crippen molar-refractivity contribution in [2.75, 3.05) is 17.6 Å². The van der Waals surface area contributed by atoms with Crippen LogP contribution in [0.15, 0.2) is 47.4 Å². The number of benzene rings is 1. The third-order valence-electron chi connectivity index (χ3n) is 5.78. The van der Waals surface area contributed by atoms with Crippen molar-refractivity contribution in [2.24, 2.45) is 5.92 Å². The highest BCUT2D eigenvalue weighted by molar-refractivity contribution is 6.39. The Balaban J connectivity index is 1.60. The van der Waals surface area contributed by atoms with Crippen LogP contribution in [0.3, 0.4) is 0 Å². The molecule has 2 aromatic heterocycles. The number of anilines is 2. The molecule has 1 fully saturated rings. The molecule has 1 saturated heterocycles. The monoisotopic (exact) mass is 419 g/mol. The van der Waals surface area contributed by atoms with Crippen LogP contribution in [0.2, 0.25) is 0 Å². The predicted molar refractivity (Wildman–Crippen MR) is 119 cm³/mol. The van der Waals surface area contributed by atoms with E-state index < -0.39 is 11.8 Å². The number of pyridine rings is 2. The van der Waals surface area contributed by atoms with Crippen molar-refractivity contribution in [3.8, 4) is 0 Å². The van der Waals surface area contributed by atoms with E-state index in [1.54, 1.807) is 24.0 Å². The van der Waals surface area contributed by atoms with Gasteiger partial charge in [0.1, 0.15) is 5.82 Å². The Morgan fingerprint density at radius 1 is 1.19 bits per heavy atom. The van der Waals surface area contributed by atoms with E-state index in [9.17, 15) is 14.4 Å². The number of likely N-dealkylation sites (tertiary alicyclic amines) is 1.